The highest BCUT2D eigenvalue weighted by molar-refractivity contribution is 6.23. The molecule has 0 aliphatic carbocycles. The molecule has 43 heavy (non-hydrogen) atoms. The van der Waals surface area contributed by atoms with Crippen LogP contribution in [0.1, 0.15) is 67.1 Å². The maximum Gasteiger partial charge on any atom is 0.343 e. The Morgan fingerprint density at radius 1 is 0.767 bits per heavy atom. The van der Waals surface area contributed by atoms with Gasteiger partial charge < -0.3 is 9.47 Å². The van der Waals surface area contributed by atoms with Crippen molar-refractivity contribution >= 4 is 40.9 Å². The van der Waals surface area contributed by atoms with Gasteiger partial charge in [-0.1, -0.05) is 12.5 Å². The van der Waals surface area contributed by atoms with Crippen LogP contribution in [0.4, 0.5) is 11.4 Å². The van der Waals surface area contributed by atoms with Gasteiger partial charge >= 0.3 is 11.9 Å². The third-order valence-corrected chi connectivity index (χ3v) is 6.50. The Balaban J connectivity index is 1.16. The number of hydrogen-bond donors (Lipinski definition) is 0. The van der Waals surface area contributed by atoms with Crippen molar-refractivity contribution in [1.82, 2.24) is 4.90 Å². The van der Waals surface area contributed by atoms with Gasteiger partial charge in [-0.15, -0.1) is 0 Å². The lowest BCUT2D eigenvalue weighted by atomic mass is 10.1. The number of nitrogens with zero attached hydrogens (tertiary/aromatic N) is 3. The Labute approximate surface area is 243 Å². The van der Waals surface area contributed by atoms with E-state index in [1.54, 1.807) is 0 Å². The molecule has 4 rings (SSSR count). The molecule has 0 N–H and O–H groups in total. The van der Waals surface area contributed by atoms with Crippen LogP contribution in [0.15, 0.2) is 66.7 Å². The number of hydrogen-bond acceptors (Lipinski definition) is 11. The zero-order chi connectivity index (χ0) is 31.1. The SMILES string of the molecule is O=C(CCCCCN1C(=O)c2cccc([N+](=O)[O-])c2C1=O)OCC(=O)c1ccc(OC(=O)c2ccc([N+](=O)[O-])cc2)cc1. The van der Waals surface area contributed by atoms with Crippen molar-refractivity contribution in [2.45, 2.75) is 25.7 Å². The molecule has 220 valence electrons. The second-order valence-corrected chi connectivity index (χ2v) is 9.33. The largest absolute Gasteiger partial charge is 0.457 e. The van der Waals surface area contributed by atoms with Crippen LogP contribution in [-0.2, 0) is 9.53 Å². The minimum absolute atomic E-state index is 0.00158. The van der Waals surface area contributed by atoms with Gasteiger partial charge in [-0.25, -0.2) is 4.79 Å². The molecule has 0 unspecified atom stereocenters. The average molecular weight is 590 g/mol. The van der Waals surface area contributed by atoms with Crippen LogP contribution in [0.3, 0.4) is 0 Å². The lowest BCUT2D eigenvalue weighted by molar-refractivity contribution is -0.385. The lowest BCUT2D eigenvalue weighted by Crippen LogP contribution is -2.30. The standard InChI is InChI=1S/C29H23N3O11/c33-24(18-10-14-21(15-11-18)43-29(37)19-8-12-20(13-9-19)31(38)39)17-42-25(34)7-2-1-3-16-30-27(35)22-5-4-6-23(32(40)41)26(22)28(30)36/h4-6,8-15H,1-3,7,16-17H2. The van der Waals surface area contributed by atoms with E-state index in [9.17, 15) is 44.2 Å². The van der Waals surface area contributed by atoms with Crippen molar-refractivity contribution in [3.63, 3.8) is 0 Å². The fourth-order valence-corrected chi connectivity index (χ4v) is 4.28. The number of unbranched alkanes of at least 4 members (excludes halogenated alkanes) is 2. The smallest absolute Gasteiger partial charge is 0.343 e. The Kier molecular flexibility index (Phi) is 9.30. The summed E-state index contributed by atoms with van der Waals surface area (Å²) in [5.41, 5.74) is -0.503. The van der Waals surface area contributed by atoms with E-state index >= 15 is 0 Å². The third-order valence-electron chi connectivity index (χ3n) is 6.50. The van der Waals surface area contributed by atoms with E-state index < -0.39 is 51.7 Å². The van der Waals surface area contributed by atoms with E-state index in [4.69, 9.17) is 9.47 Å². The Morgan fingerprint density at radius 3 is 2.09 bits per heavy atom. The molecule has 0 spiro atoms. The molecule has 14 nitrogen and oxygen atoms in total. The lowest BCUT2D eigenvalue weighted by Gasteiger charge is -2.13. The minimum Gasteiger partial charge on any atom is -0.457 e. The Bertz CT molecular complexity index is 1620. The molecule has 1 heterocycles. The van der Waals surface area contributed by atoms with Gasteiger partial charge in [0.2, 0.25) is 0 Å². The van der Waals surface area contributed by atoms with Gasteiger partial charge in [0.05, 0.1) is 21.0 Å². The molecular formula is C29H23N3O11. The molecule has 14 heteroatoms. The number of rotatable bonds is 13. The summed E-state index contributed by atoms with van der Waals surface area (Å²) in [6.45, 7) is -0.467. The number of nitro benzene ring substituents is 2. The monoisotopic (exact) mass is 589 g/mol. The zero-order valence-electron chi connectivity index (χ0n) is 22.4. The fraction of sp³-hybridized carbons (Fsp3) is 0.207. The van der Waals surface area contributed by atoms with Crippen LogP contribution < -0.4 is 4.74 Å². The van der Waals surface area contributed by atoms with Gasteiger partial charge in [-0.2, -0.15) is 0 Å². The summed E-state index contributed by atoms with van der Waals surface area (Å²) < 4.78 is 10.2. The molecule has 0 fully saturated rings. The highest BCUT2D eigenvalue weighted by Gasteiger charge is 2.40. The first-order valence-electron chi connectivity index (χ1n) is 13.0. The van der Waals surface area contributed by atoms with Crippen molar-refractivity contribution in [2.24, 2.45) is 0 Å². The molecule has 2 amide bonds. The number of amides is 2. The highest BCUT2D eigenvalue weighted by Crippen LogP contribution is 2.31. The molecule has 3 aromatic carbocycles. The van der Waals surface area contributed by atoms with Gasteiger partial charge in [-0.05, 0) is 55.3 Å². The van der Waals surface area contributed by atoms with Gasteiger partial charge in [0.1, 0.15) is 11.3 Å². The quantitative estimate of drug-likeness (QED) is 0.0524. The first kappa shape index (κ1) is 30.2. The Hall–Kier alpha value is -5.79. The predicted octanol–water partition coefficient (Wildman–Crippen LogP) is 4.30. The molecule has 0 aromatic heterocycles. The normalized spacial score (nSPS) is 12.0. The van der Waals surface area contributed by atoms with Crippen molar-refractivity contribution in [3.05, 3.63) is 109 Å². The molecule has 1 aliphatic heterocycles. The Morgan fingerprint density at radius 2 is 1.44 bits per heavy atom. The van der Waals surface area contributed by atoms with E-state index in [0.717, 1.165) is 4.90 Å². The summed E-state index contributed by atoms with van der Waals surface area (Å²) in [5.74, 6) is -3.02. The van der Waals surface area contributed by atoms with Gasteiger partial charge in [-0.3, -0.25) is 44.3 Å². The zero-order valence-corrected chi connectivity index (χ0v) is 22.4. The predicted molar refractivity (Wildman–Crippen MR) is 147 cm³/mol. The van der Waals surface area contributed by atoms with Gasteiger partial charge in [0, 0.05) is 36.7 Å². The maximum absolute atomic E-state index is 12.6. The van der Waals surface area contributed by atoms with Crippen LogP contribution in [0, 0.1) is 20.2 Å². The maximum atomic E-state index is 12.6. The number of carbonyl (C=O) groups is 5. The number of Topliss-reactive ketones (excluding diaryl/α,β-unsaturated/α-hetero) is 1. The third kappa shape index (κ3) is 7.11. The van der Waals surface area contributed by atoms with Crippen LogP contribution in [0.5, 0.6) is 5.75 Å². The molecular weight excluding hydrogens is 566 g/mol. The molecule has 3 aromatic rings. The van der Waals surface area contributed by atoms with Gasteiger partial charge in [0.25, 0.3) is 23.2 Å². The number of imide groups is 1. The van der Waals surface area contributed by atoms with Crippen molar-refractivity contribution < 1.29 is 43.3 Å². The van der Waals surface area contributed by atoms with E-state index in [1.807, 2.05) is 0 Å². The van der Waals surface area contributed by atoms with E-state index in [0.29, 0.717) is 19.3 Å². The van der Waals surface area contributed by atoms with Crippen molar-refractivity contribution in [1.29, 1.82) is 0 Å². The molecule has 0 radical (unpaired) electrons. The number of non-ortho nitro benzene ring substituents is 1. The van der Waals surface area contributed by atoms with Crippen LogP contribution >= 0.6 is 0 Å². The molecule has 0 saturated carbocycles. The molecule has 0 saturated heterocycles. The average Bonchev–Trinajstić information content (AvgIpc) is 3.24. The molecule has 0 bridgehead atoms. The van der Waals surface area contributed by atoms with Crippen LogP contribution in [0.25, 0.3) is 0 Å². The summed E-state index contributed by atoms with van der Waals surface area (Å²) in [6.07, 6.45) is 1.19. The number of esters is 2. The van der Waals surface area contributed by atoms with E-state index in [-0.39, 0.29) is 46.7 Å². The van der Waals surface area contributed by atoms with E-state index in [1.165, 1.54) is 66.7 Å². The first-order valence-corrected chi connectivity index (χ1v) is 13.0. The summed E-state index contributed by atoms with van der Waals surface area (Å²) >= 11 is 0. The number of nitro groups is 2. The highest BCUT2D eigenvalue weighted by atomic mass is 16.6. The van der Waals surface area contributed by atoms with Crippen LogP contribution in [0.2, 0.25) is 0 Å². The summed E-state index contributed by atoms with van der Waals surface area (Å²) in [5, 5.41) is 21.9. The van der Waals surface area contributed by atoms with Gasteiger partial charge in [0.15, 0.2) is 12.4 Å². The second-order valence-electron chi connectivity index (χ2n) is 9.33. The summed E-state index contributed by atoms with van der Waals surface area (Å²) in [7, 11) is 0. The number of benzene rings is 3. The molecule has 1 aliphatic rings. The van der Waals surface area contributed by atoms with Crippen molar-refractivity contribution in [3.8, 4) is 5.75 Å². The second kappa shape index (κ2) is 13.2. The number of ketones is 1. The number of ether oxygens (including phenoxy) is 2. The summed E-state index contributed by atoms with van der Waals surface area (Å²) in [6, 6.07) is 14.3. The topological polar surface area (TPSA) is 193 Å². The fourth-order valence-electron chi connectivity index (χ4n) is 4.28. The number of fused-ring (bicyclic) bond motifs is 1. The first-order chi connectivity index (χ1) is 20.6. The molecule has 0 atom stereocenters. The van der Waals surface area contributed by atoms with Crippen LogP contribution in [-0.4, -0.2) is 57.4 Å². The van der Waals surface area contributed by atoms with E-state index in [2.05, 4.69) is 0 Å². The minimum atomic E-state index is -0.740. The number of carbonyl (C=O) groups excluding carboxylic acids is 5. The summed E-state index contributed by atoms with van der Waals surface area (Å²) in [4.78, 5) is 83.4. The van der Waals surface area contributed by atoms with Crippen molar-refractivity contribution in [2.75, 3.05) is 13.2 Å².